The van der Waals surface area contributed by atoms with Crippen LogP contribution in [0.5, 0.6) is 5.88 Å². The van der Waals surface area contributed by atoms with Crippen LogP contribution < -0.4 is 15.2 Å². The molecule has 0 saturated heterocycles. The summed E-state index contributed by atoms with van der Waals surface area (Å²) in [6, 6.07) is 9.23. The van der Waals surface area contributed by atoms with Gasteiger partial charge in [0.05, 0.1) is 28.8 Å². The molecule has 4 N–H and O–H groups in total. The highest BCUT2D eigenvalue weighted by atomic mass is 32.2. The summed E-state index contributed by atoms with van der Waals surface area (Å²) in [6.07, 6.45) is -4.18. The van der Waals surface area contributed by atoms with Gasteiger partial charge in [-0.2, -0.15) is 4.98 Å². The molecule has 3 aromatic rings. The Kier molecular flexibility index (Phi) is 9.94. The molecular formula is C27H31F3N4O6S. The normalized spacial score (nSPS) is 12.8. The quantitative estimate of drug-likeness (QED) is 0.270. The number of carbonyl (C=O) groups is 1. The Balaban J connectivity index is 2.08. The van der Waals surface area contributed by atoms with E-state index in [-0.39, 0.29) is 28.2 Å². The lowest BCUT2D eigenvalue weighted by molar-refractivity contribution is -0.326. The number of aryl methyl sites for hydroxylation is 1. The zero-order valence-corrected chi connectivity index (χ0v) is 23.6. The molecule has 2 aromatic carbocycles. The van der Waals surface area contributed by atoms with Gasteiger partial charge in [-0.15, -0.1) is 13.2 Å². The number of aromatic nitrogens is 2. The summed E-state index contributed by atoms with van der Waals surface area (Å²) in [5.41, 5.74) is 8.75. The van der Waals surface area contributed by atoms with Crippen molar-refractivity contribution in [2.24, 2.45) is 11.7 Å². The molecule has 0 bridgehead atoms. The van der Waals surface area contributed by atoms with Crippen LogP contribution in [0.1, 0.15) is 40.9 Å². The Morgan fingerprint density at radius 2 is 1.78 bits per heavy atom. The number of anilines is 1. The van der Waals surface area contributed by atoms with Crippen LogP contribution in [0.4, 0.5) is 19.1 Å². The number of alkyl halides is 3. The summed E-state index contributed by atoms with van der Waals surface area (Å²) in [5.74, 6) is -1.53. The number of hydrogen-bond donors (Lipinski definition) is 3. The van der Waals surface area contributed by atoms with Gasteiger partial charge in [0.15, 0.2) is 0 Å². The van der Waals surface area contributed by atoms with E-state index in [1.807, 2.05) is 39.0 Å². The smallest absolute Gasteiger partial charge is 0.478 e. The molecule has 0 amide bonds. The Hall–Kier alpha value is -3.75. The Labute approximate surface area is 235 Å². The minimum Gasteiger partial charge on any atom is -0.478 e. The molecule has 14 heteroatoms. The molecular weight excluding hydrogens is 565 g/mol. The molecule has 0 spiro atoms. The van der Waals surface area contributed by atoms with Crippen molar-refractivity contribution >= 4 is 21.9 Å². The Morgan fingerprint density at radius 3 is 2.41 bits per heavy atom. The van der Waals surface area contributed by atoms with Crippen molar-refractivity contribution in [3.63, 3.8) is 0 Å². The molecule has 1 aromatic heterocycles. The van der Waals surface area contributed by atoms with Crippen molar-refractivity contribution in [3.8, 4) is 17.1 Å². The lowest BCUT2D eigenvalue weighted by Gasteiger charge is -2.20. The van der Waals surface area contributed by atoms with E-state index in [9.17, 15) is 31.5 Å². The third kappa shape index (κ3) is 8.62. The number of carboxylic acid groups (broad SMARTS) is 1. The third-order valence-electron chi connectivity index (χ3n) is 5.84. The molecule has 3 rings (SSSR count). The second-order valence-electron chi connectivity index (χ2n) is 9.80. The molecule has 1 heterocycles. The summed E-state index contributed by atoms with van der Waals surface area (Å²) in [7, 11) is -4.36. The van der Waals surface area contributed by atoms with E-state index in [1.54, 1.807) is 6.92 Å². The van der Waals surface area contributed by atoms with E-state index in [0.717, 1.165) is 22.8 Å². The lowest BCUT2D eigenvalue weighted by atomic mass is 9.91. The fourth-order valence-corrected chi connectivity index (χ4v) is 5.00. The molecule has 0 unspecified atom stereocenters. The number of rotatable bonds is 12. The zero-order valence-electron chi connectivity index (χ0n) is 22.8. The minimum atomic E-state index is -4.86. The molecule has 41 heavy (non-hydrogen) atoms. The van der Waals surface area contributed by atoms with Crippen molar-refractivity contribution in [2.45, 2.75) is 51.4 Å². The second-order valence-corrected chi connectivity index (χ2v) is 11.5. The van der Waals surface area contributed by atoms with Crippen molar-refractivity contribution < 1.29 is 41.0 Å². The van der Waals surface area contributed by atoms with E-state index in [0.29, 0.717) is 17.7 Å². The summed E-state index contributed by atoms with van der Waals surface area (Å²) in [5, 5.41) is 9.26. The first kappa shape index (κ1) is 31.8. The number of halogens is 3. The monoisotopic (exact) mass is 596 g/mol. The van der Waals surface area contributed by atoms with Gasteiger partial charge in [-0.3, -0.25) is 4.74 Å². The third-order valence-corrected chi connectivity index (χ3v) is 7.16. The summed E-state index contributed by atoms with van der Waals surface area (Å²) in [6.45, 7) is 6.31. The Bertz CT molecular complexity index is 1510. The number of sulfonamides is 1. The maximum absolute atomic E-state index is 13.2. The molecule has 0 aliphatic rings. The highest BCUT2D eigenvalue weighted by Gasteiger charge is 2.30. The van der Waals surface area contributed by atoms with Crippen molar-refractivity contribution in [1.29, 1.82) is 0 Å². The number of carboxylic acids is 1. The molecule has 0 aliphatic heterocycles. The van der Waals surface area contributed by atoms with Crippen molar-refractivity contribution in [1.82, 2.24) is 9.97 Å². The number of benzene rings is 2. The van der Waals surface area contributed by atoms with Crippen LogP contribution in [-0.4, -0.2) is 55.1 Å². The maximum atomic E-state index is 13.2. The van der Waals surface area contributed by atoms with E-state index in [2.05, 4.69) is 19.4 Å². The molecule has 10 nitrogen and oxygen atoms in total. The topological polar surface area (TPSA) is 154 Å². The van der Waals surface area contributed by atoms with Gasteiger partial charge >= 0.3 is 12.3 Å². The highest BCUT2D eigenvalue weighted by Crippen LogP contribution is 2.35. The number of aromatic carboxylic acids is 1. The van der Waals surface area contributed by atoms with E-state index in [4.69, 9.17) is 10.5 Å². The number of hydrogen-bond acceptors (Lipinski definition) is 8. The minimum absolute atomic E-state index is 0.104. The van der Waals surface area contributed by atoms with Crippen molar-refractivity contribution in [3.05, 3.63) is 64.7 Å². The first-order valence-electron chi connectivity index (χ1n) is 12.5. The number of nitrogens with two attached hydrogens (primary N) is 1. The van der Waals surface area contributed by atoms with Gasteiger partial charge in [0.25, 0.3) is 10.0 Å². The van der Waals surface area contributed by atoms with Gasteiger partial charge < -0.3 is 15.6 Å². The molecule has 222 valence electrons. The van der Waals surface area contributed by atoms with Gasteiger partial charge in [0.2, 0.25) is 11.8 Å². The first-order chi connectivity index (χ1) is 19.1. The lowest BCUT2D eigenvalue weighted by Crippen LogP contribution is -2.35. The van der Waals surface area contributed by atoms with Crippen LogP contribution in [0.25, 0.3) is 11.3 Å². The van der Waals surface area contributed by atoms with E-state index in [1.165, 1.54) is 18.2 Å². The average molecular weight is 597 g/mol. The zero-order chi connectivity index (χ0) is 30.5. The summed E-state index contributed by atoms with van der Waals surface area (Å²) in [4.78, 5) is 19.7. The van der Waals surface area contributed by atoms with Gasteiger partial charge in [0.1, 0.15) is 6.61 Å². The number of ether oxygens (including phenoxy) is 2. The van der Waals surface area contributed by atoms with Crippen molar-refractivity contribution in [2.75, 3.05) is 17.9 Å². The second kappa shape index (κ2) is 12.8. The molecule has 0 fully saturated rings. The van der Waals surface area contributed by atoms with Gasteiger partial charge in [0, 0.05) is 11.1 Å². The van der Waals surface area contributed by atoms with Gasteiger partial charge in [-0.1, -0.05) is 38.1 Å². The fraction of sp³-hybridized carbons (Fsp3) is 0.370. The van der Waals surface area contributed by atoms with Crippen LogP contribution in [-0.2, 0) is 21.2 Å². The Morgan fingerprint density at radius 1 is 1.10 bits per heavy atom. The molecule has 1 atom stereocenters. The van der Waals surface area contributed by atoms with Crippen LogP contribution in [0.15, 0.2) is 47.4 Å². The first-order valence-corrected chi connectivity index (χ1v) is 14.0. The molecule has 0 saturated carbocycles. The predicted octanol–water partition coefficient (Wildman–Crippen LogP) is 4.70. The molecule has 0 aliphatic carbocycles. The largest absolute Gasteiger partial charge is 0.522 e. The SMILES string of the molecule is Cc1cccc(CC(C)C)c1-c1nc(NS(=O)(=O)c2cccc(C(=O)O)c2)nc(OC[C@H](N)COC(F)(F)F)c1C. The van der Waals surface area contributed by atoms with Crippen LogP contribution >= 0.6 is 0 Å². The van der Waals surface area contributed by atoms with E-state index < -0.39 is 41.6 Å². The van der Waals surface area contributed by atoms with Gasteiger partial charge in [-0.25, -0.2) is 22.9 Å². The van der Waals surface area contributed by atoms with Crippen LogP contribution in [0, 0.1) is 19.8 Å². The van der Waals surface area contributed by atoms with Gasteiger partial charge in [-0.05, 0) is 55.5 Å². The standard InChI is InChI=1S/C27H31F3N4O6S/c1-15(2)11-18-8-5-7-16(3)22(18)23-17(4)24(39-13-20(31)14-40-27(28,29)30)33-26(32-23)34-41(37,38)21-10-6-9-19(12-21)25(35)36/h5-10,12,15,20H,11,13-14,31H2,1-4H3,(H,35,36)(H,32,33,34)/t20-/m0/s1. The summed E-state index contributed by atoms with van der Waals surface area (Å²) < 4.78 is 75.3. The maximum Gasteiger partial charge on any atom is 0.522 e. The highest BCUT2D eigenvalue weighted by molar-refractivity contribution is 7.92. The predicted molar refractivity (Wildman–Crippen MR) is 145 cm³/mol. The fourth-order valence-electron chi connectivity index (χ4n) is 4.01. The molecule has 0 radical (unpaired) electrons. The number of nitrogens with zero attached hydrogens (tertiary/aromatic N) is 2. The van der Waals surface area contributed by atoms with Crippen LogP contribution in [0.2, 0.25) is 0 Å². The summed E-state index contributed by atoms with van der Waals surface area (Å²) >= 11 is 0. The van der Waals surface area contributed by atoms with E-state index >= 15 is 0 Å². The average Bonchev–Trinajstić information content (AvgIpc) is 2.87. The van der Waals surface area contributed by atoms with Crippen LogP contribution in [0.3, 0.4) is 0 Å². The number of nitrogens with one attached hydrogen (secondary N) is 1.